The predicted octanol–water partition coefficient (Wildman–Crippen LogP) is 2.45. The number of hydrogen-bond acceptors (Lipinski definition) is 5. The molecule has 0 aliphatic carbocycles. The van der Waals surface area contributed by atoms with E-state index in [1.807, 2.05) is 38.8 Å². The van der Waals surface area contributed by atoms with Gasteiger partial charge in [0.1, 0.15) is 11.3 Å². The van der Waals surface area contributed by atoms with Crippen molar-refractivity contribution in [2.24, 2.45) is 5.92 Å². The largest absolute Gasteiger partial charge is 0.444 e. The Morgan fingerprint density at radius 3 is 2.75 bits per heavy atom. The second kappa shape index (κ2) is 7.75. The van der Waals surface area contributed by atoms with E-state index >= 15 is 0 Å². The number of hydrogen-bond donors (Lipinski definition) is 0. The van der Waals surface area contributed by atoms with Gasteiger partial charge in [-0.3, -0.25) is 14.7 Å². The topological polar surface area (TPSA) is 62.7 Å². The molecular formula is C18H27N3O3. The van der Waals surface area contributed by atoms with Crippen LogP contribution in [0.2, 0.25) is 0 Å². The molecule has 0 N–H and O–H groups in total. The van der Waals surface area contributed by atoms with Crippen LogP contribution in [0.4, 0.5) is 4.79 Å². The SMILES string of the molecule is CN(CC(=O)c1ccccn1)CC1CCN(C(=O)OC(C)(C)C)C1. The first-order chi connectivity index (χ1) is 11.2. The van der Waals surface area contributed by atoms with E-state index in [0.29, 0.717) is 31.2 Å². The molecule has 0 aromatic carbocycles. The fourth-order valence-electron chi connectivity index (χ4n) is 2.83. The van der Waals surface area contributed by atoms with E-state index in [9.17, 15) is 9.59 Å². The summed E-state index contributed by atoms with van der Waals surface area (Å²) in [4.78, 5) is 32.1. The zero-order valence-corrected chi connectivity index (χ0v) is 15.0. The normalized spacial score (nSPS) is 18.0. The summed E-state index contributed by atoms with van der Waals surface area (Å²) in [5, 5.41) is 0. The van der Waals surface area contributed by atoms with Crippen molar-refractivity contribution in [3.05, 3.63) is 30.1 Å². The molecule has 132 valence electrons. The van der Waals surface area contributed by atoms with Crippen LogP contribution in [0.3, 0.4) is 0 Å². The lowest BCUT2D eigenvalue weighted by atomic mass is 10.1. The summed E-state index contributed by atoms with van der Waals surface area (Å²) in [6.45, 7) is 8.11. The van der Waals surface area contributed by atoms with Gasteiger partial charge in [0.15, 0.2) is 5.78 Å². The van der Waals surface area contributed by atoms with Crippen molar-refractivity contribution in [3.63, 3.8) is 0 Å². The van der Waals surface area contributed by atoms with Gasteiger partial charge in [-0.25, -0.2) is 4.79 Å². The Balaban J connectivity index is 1.78. The van der Waals surface area contributed by atoms with Crippen LogP contribution in [-0.4, -0.2) is 65.5 Å². The van der Waals surface area contributed by atoms with Gasteiger partial charge in [-0.15, -0.1) is 0 Å². The third-order valence-electron chi connectivity index (χ3n) is 3.87. The number of Topliss-reactive ketones (excluding diaryl/α,β-unsaturated/α-hetero) is 1. The summed E-state index contributed by atoms with van der Waals surface area (Å²) in [5.41, 5.74) is 0.0206. The van der Waals surface area contributed by atoms with Gasteiger partial charge in [-0.2, -0.15) is 0 Å². The first-order valence-electron chi connectivity index (χ1n) is 8.35. The van der Waals surface area contributed by atoms with Crippen LogP contribution in [0.15, 0.2) is 24.4 Å². The van der Waals surface area contributed by atoms with Crippen molar-refractivity contribution in [2.45, 2.75) is 32.8 Å². The highest BCUT2D eigenvalue weighted by Gasteiger charge is 2.30. The number of ketones is 1. The number of amides is 1. The van der Waals surface area contributed by atoms with Crippen LogP contribution in [0.25, 0.3) is 0 Å². The molecular weight excluding hydrogens is 306 g/mol. The Labute approximate surface area is 143 Å². The highest BCUT2D eigenvalue weighted by atomic mass is 16.6. The molecule has 0 bridgehead atoms. The highest BCUT2D eigenvalue weighted by Crippen LogP contribution is 2.20. The molecule has 1 aliphatic heterocycles. The maximum atomic E-state index is 12.2. The number of aromatic nitrogens is 1. The molecule has 6 heteroatoms. The number of ether oxygens (including phenoxy) is 1. The Hall–Kier alpha value is -1.95. The van der Waals surface area contributed by atoms with Gasteiger partial charge in [-0.1, -0.05) is 6.07 Å². The summed E-state index contributed by atoms with van der Waals surface area (Å²) < 4.78 is 5.41. The van der Waals surface area contributed by atoms with Gasteiger partial charge in [0, 0.05) is 25.8 Å². The summed E-state index contributed by atoms with van der Waals surface area (Å²) in [7, 11) is 1.93. The maximum absolute atomic E-state index is 12.2. The molecule has 2 heterocycles. The number of pyridine rings is 1. The Morgan fingerprint density at radius 2 is 2.12 bits per heavy atom. The molecule has 1 aliphatic rings. The molecule has 1 aromatic heterocycles. The number of carbonyl (C=O) groups excluding carboxylic acids is 2. The number of likely N-dealkylation sites (N-methyl/N-ethyl adjacent to an activating group) is 1. The number of likely N-dealkylation sites (tertiary alicyclic amines) is 1. The lowest BCUT2D eigenvalue weighted by molar-refractivity contribution is 0.0285. The van der Waals surface area contributed by atoms with Crippen LogP contribution >= 0.6 is 0 Å². The molecule has 2 rings (SSSR count). The molecule has 1 fully saturated rings. The van der Waals surface area contributed by atoms with E-state index in [-0.39, 0.29) is 11.9 Å². The number of nitrogens with zero attached hydrogens (tertiary/aromatic N) is 3. The van der Waals surface area contributed by atoms with Gasteiger partial charge in [0.25, 0.3) is 0 Å². The molecule has 1 saturated heterocycles. The lowest BCUT2D eigenvalue weighted by Gasteiger charge is -2.25. The van der Waals surface area contributed by atoms with Crippen LogP contribution in [0.1, 0.15) is 37.7 Å². The first kappa shape index (κ1) is 18.4. The van der Waals surface area contributed by atoms with Gasteiger partial charge in [0.05, 0.1) is 6.54 Å². The average Bonchev–Trinajstić information content (AvgIpc) is 2.95. The number of carbonyl (C=O) groups is 2. The van der Waals surface area contributed by atoms with E-state index < -0.39 is 5.60 Å². The summed E-state index contributed by atoms with van der Waals surface area (Å²) in [6, 6.07) is 5.34. The number of rotatable bonds is 5. The fraction of sp³-hybridized carbons (Fsp3) is 0.611. The van der Waals surface area contributed by atoms with E-state index in [2.05, 4.69) is 4.98 Å². The minimum Gasteiger partial charge on any atom is -0.444 e. The molecule has 0 saturated carbocycles. The van der Waals surface area contributed by atoms with Crippen LogP contribution < -0.4 is 0 Å². The third-order valence-corrected chi connectivity index (χ3v) is 3.87. The summed E-state index contributed by atoms with van der Waals surface area (Å²) in [6.07, 6.45) is 2.31. The zero-order chi connectivity index (χ0) is 17.7. The van der Waals surface area contributed by atoms with Gasteiger partial charge >= 0.3 is 6.09 Å². The van der Waals surface area contributed by atoms with E-state index in [4.69, 9.17) is 4.74 Å². The quantitative estimate of drug-likeness (QED) is 0.775. The Morgan fingerprint density at radius 1 is 1.38 bits per heavy atom. The van der Waals surface area contributed by atoms with Crippen molar-refractivity contribution in [1.29, 1.82) is 0 Å². The van der Waals surface area contributed by atoms with Crippen LogP contribution in [0, 0.1) is 5.92 Å². The van der Waals surface area contributed by atoms with E-state index in [1.165, 1.54) is 0 Å². The van der Waals surface area contributed by atoms with E-state index in [1.54, 1.807) is 23.2 Å². The zero-order valence-electron chi connectivity index (χ0n) is 15.0. The monoisotopic (exact) mass is 333 g/mol. The van der Waals surface area contributed by atoms with Crippen molar-refractivity contribution >= 4 is 11.9 Å². The smallest absolute Gasteiger partial charge is 0.410 e. The molecule has 1 unspecified atom stereocenters. The first-order valence-corrected chi connectivity index (χ1v) is 8.35. The predicted molar refractivity (Wildman–Crippen MR) is 92.0 cm³/mol. The molecule has 1 amide bonds. The minimum absolute atomic E-state index is 0.0140. The molecule has 1 aromatic rings. The van der Waals surface area contributed by atoms with Crippen LogP contribution in [0.5, 0.6) is 0 Å². The molecule has 1 atom stereocenters. The second-order valence-electron chi connectivity index (χ2n) is 7.42. The second-order valence-corrected chi connectivity index (χ2v) is 7.42. The average molecular weight is 333 g/mol. The Kier molecular flexibility index (Phi) is 5.94. The standard InChI is InChI=1S/C18H27N3O3/c1-18(2,3)24-17(23)21-10-8-14(12-21)11-20(4)13-16(22)15-7-5-6-9-19-15/h5-7,9,14H,8,10-13H2,1-4H3. The summed E-state index contributed by atoms with van der Waals surface area (Å²) >= 11 is 0. The van der Waals surface area contributed by atoms with Gasteiger partial charge in [0.2, 0.25) is 0 Å². The molecule has 0 spiro atoms. The van der Waals surface area contributed by atoms with E-state index in [0.717, 1.165) is 13.0 Å². The third kappa shape index (κ3) is 5.60. The molecule has 6 nitrogen and oxygen atoms in total. The van der Waals surface area contributed by atoms with Crippen molar-refractivity contribution in [2.75, 3.05) is 33.2 Å². The minimum atomic E-state index is -0.471. The highest BCUT2D eigenvalue weighted by molar-refractivity contribution is 5.95. The van der Waals surface area contributed by atoms with Gasteiger partial charge < -0.3 is 9.64 Å². The van der Waals surface area contributed by atoms with Crippen molar-refractivity contribution in [3.8, 4) is 0 Å². The van der Waals surface area contributed by atoms with Crippen LogP contribution in [-0.2, 0) is 4.74 Å². The van der Waals surface area contributed by atoms with Crippen molar-refractivity contribution in [1.82, 2.24) is 14.8 Å². The van der Waals surface area contributed by atoms with Gasteiger partial charge in [-0.05, 0) is 52.3 Å². The van der Waals surface area contributed by atoms with Crippen molar-refractivity contribution < 1.29 is 14.3 Å². The Bertz CT molecular complexity index is 569. The lowest BCUT2D eigenvalue weighted by Crippen LogP contribution is -2.37. The molecule has 0 radical (unpaired) electrons. The summed E-state index contributed by atoms with van der Waals surface area (Å²) in [5.74, 6) is 0.374. The fourth-order valence-corrected chi connectivity index (χ4v) is 2.83. The maximum Gasteiger partial charge on any atom is 0.410 e. The molecule has 24 heavy (non-hydrogen) atoms.